The highest BCUT2D eigenvalue weighted by molar-refractivity contribution is 7.15. The zero-order valence-corrected chi connectivity index (χ0v) is 11.7. The van der Waals surface area contributed by atoms with Crippen molar-refractivity contribution in [3.63, 3.8) is 0 Å². The number of carbonyl (C=O) groups excluding carboxylic acids is 1. The van der Waals surface area contributed by atoms with Crippen molar-refractivity contribution in [1.29, 1.82) is 0 Å². The van der Waals surface area contributed by atoms with Crippen molar-refractivity contribution >= 4 is 45.7 Å². The number of anilines is 1. The van der Waals surface area contributed by atoms with Gasteiger partial charge in [0.1, 0.15) is 5.82 Å². The van der Waals surface area contributed by atoms with E-state index in [1.807, 2.05) is 16.0 Å². The Balaban J connectivity index is 1.73. The number of carbonyl (C=O) groups is 1. The van der Waals surface area contributed by atoms with E-state index in [2.05, 4.69) is 15.3 Å². The SMILES string of the molecule is O=C(/C=C/c1cnc2sccn12)Nc1cc(Cl)ccn1. The van der Waals surface area contributed by atoms with Gasteiger partial charge in [-0.25, -0.2) is 9.97 Å². The third kappa shape index (κ3) is 2.71. The highest BCUT2D eigenvalue weighted by atomic mass is 35.5. The lowest BCUT2D eigenvalue weighted by Crippen LogP contribution is -2.08. The van der Waals surface area contributed by atoms with Crippen LogP contribution < -0.4 is 5.32 Å². The first-order valence-corrected chi connectivity index (χ1v) is 6.99. The molecule has 0 bridgehead atoms. The Hall–Kier alpha value is -2.18. The van der Waals surface area contributed by atoms with Crippen LogP contribution in [-0.2, 0) is 4.79 Å². The summed E-state index contributed by atoms with van der Waals surface area (Å²) in [5, 5.41) is 5.10. The number of halogens is 1. The minimum atomic E-state index is -0.273. The molecule has 0 unspecified atom stereocenters. The van der Waals surface area contributed by atoms with Gasteiger partial charge < -0.3 is 5.32 Å². The molecule has 1 amide bonds. The van der Waals surface area contributed by atoms with E-state index >= 15 is 0 Å². The second-order valence-electron chi connectivity index (χ2n) is 3.92. The van der Waals surface area contributed by atoms with Gasteiger partial charge in [-0.15, -0.1) is 11.3 Å². The van der Waals surface area contributed by atoms with E-state index in [0.29, 0.717) is 10.8 Å². The Morgan fingerprint density at radius 3 is 3.20 bits per heavy atom. The fourth-order valence-electron chi connectivity index (χ4n) is 1.67. The van der Waals surface area contributed by atoms with Crippen molar-refractivity contribution in [3.8, 4) is 0 Å². The predicted molar refractivity (Wildman–Crippen MR) is 80.0 cm³/mol. The second kappa shape index (κ2) is 5.44. The topological polar surface area (TPSA) is 59.3 Å². The molecule has 3 aromatic rings. The maximum atomic E-state index is 11.8. The Morgan fingerprint density at radius 1 is 1.45 bits per heavy atom. The molecule has 0 aliphatic heterocycles. The van der Waals surface area contributed by atoms with Gasteiger partial charge in [-0.1, -0.05) is 11.6 Å². The molecule has 5 nitrogen and oxygen atoms in total. The molecule has 3 aromatic heterocycles. The van der Waals surface area contributed by atoms with E-state index in [0.717, 1.165) is 10.7 Å². The number of fused-ring (bicyclic) bond motifs is 1. The first-order valence-electron chi connectivity index (χ1n) is 5.73. The highest BCUT2D eigenvalue weighted by Crippen LogP contribution is 2.14. The van der Waals surface area contributed by atoms with Crippen molar-refractivity contribution in [3.05, 3.63) is 52.9 Å². The van der Waals surface area contributed by atoms with E-state index in [1.165, 1.54) is 23.6 Å². The number of imidazole rings is 1. The molecular formula is C13H9ClN4OS. The lowest BCUT2D eigenvalue weighted by atomic mass is 10.4. The number of amides is 1. The molecule has 0 saturated heterocycles. The zero-order valence-electron chi connectivity index (χ0n) is 10.2. The third-order valence-electron chi connectivity index (χ3n) is 2.55. The van der Waals surface area contributed by atoms with Crippen molar-refractivity contribution in [2.24, 2.45) is 0 Å². The lowest BCUT2D eigenvalue weighted by molar-refractivity contribution is -0.111. The van der Waals surface area contributed by atoms with Crippen LogP contribution in [-0.4, -0.2) is 20.3 Å². The van der Waals surface area contributed by atoms with E-state index in [9.17, 15) is 4.79 Å². The molecule has 0 aromatic carbocycles. The van der Waals surface area contributed by atoms with Gasteiger partial charge in [0.15, 0.2) is 4.96 Å². The van der Waals surface area contributed by atoms with Crippen LogP contribution >= 0.6 is 22.9 Å². The summed E-state index contributed by atoms with van der Waals surface area (Å²) in [6.45, 7) is 0. The van der Waals surface area contributed by atoms with E-state index in [4.69, 9.17) is 11.6 Å². The molecular weight excluding hydrogens is 296 g/mol. The molecule has 0 fully saturated rings. The molecule has 0 radical (unpaired) electrons. The van der Waals surface area contributed by atoms with Crippen LogP contribution in [0.25, 0.3) is 11.0 Å². The fraction of sp³-hybridized carbons (Fsp3) is 0. The van der Waals surface area contributed by atoms with Gasteiger partial charge in [0.2, 0.25) is 5.91 Å². The monoisotopic (exact) mass is 304 g/mol. The lowest BCUT2D eigenvalue weighted by Gasteiger charge is -2.00. The molecule has 3 heterocycles. The molecule has 3 rings (SSSR count). The second-order valence-corrected chi connectivity index (χ2v) is 5.23. The molecule has 0 saturated carbocycles. The summed E-state index contributed by atoms with van der Waals surface area (Å²) in [6.07, 6.45) is 8.29. The van der Waals surface area contributed by atoms with Gasteiger partial charge in [-0.3, -0.25) is 9.20 Å². The third-order valence-corrected chi connectivity index (χ3v) is 3.56. The van der Waals surface area contributed by atoms with Crippen LogP contribution in [0.5, 0.6) is 0 Å². The summed E-state index contributed by atoms with van der Waals surface area (Å²) in [5.41, 5.74) is 0.843. The summed E-state index contributed by atoms with van der Waals surface area (Å²) < 4.78 is 1.91. The average Bonchev–Trinajstić information content (AvgIpc) is 2.99. The van der Waals surface area contributed by atoms with Gasteiger partial charge in [-0.05, 0) is 18.2 Å². The molecule has 0 spiro atoms. The molecule has 1 N–H and O–H groups in total. The van der Waals surface area contributed by atoms with Gasteiger partial charge >= 0.3 is 0 Å². The van der Waals surface area contributed by atoms with Gasteiger partial charge in [0, 0.05) is 28.9 Å². The molecule has 20 heavy (non-hydrogen) atoms. The summed E-state index contributed by atoms with van der Waals surface area (Å²) in [4.78, 5) is 20.9. The van der Waals surface area contributed by atoms with Crippen molar-refractivity contribution < 1.29 is 4.79 Å². The van der Waals surface area contributed by atoms with E-state index in [1.54, 1.807) is 24.4 Å². The fourth-order valence-corrected chi connectivity index (χ4v) is 2.53. The first kappa shape index (κ1) is 12.8. The minimum Gasteiger partial charge on any atom is -0.307 e. The standard InChI is InChI=1S/C13H9ClN4OS/c14-9-3-4-15-11(7-9)17-12(19)2-1-10-8-16-13-18(10)5-6-20-13/h1-8H,(H,15,17,19)/b2-1+. The summed E-state index contributed by atoms with van der Waals surface area (Å²) in [6, 6.07) is 3.23. The summed E-state index contributed by atoms with van der Waals surface area (Å²) in [5.74, 6) is 0.145. The number of hydrogen-bond donors (Lipinski definition) is 1. The Bertz CT molecular complexity index is 792. The maximum absolute atomic E-state index is 11.8. The molecule has 100 valence electrons. The highest BCUT2D eigenvalue weighted by Gasteiger charge is 2.03. The normalized spacial score (nSPS) is 11.2. The van der Waals surface area contributed by atoms with Crippen LogP contribution in [0, 0.1) is 0 Å². The van der Waals surface area contributed by atoms with Crippen molar-refractivity contribution in [1.82, 2.24) is 14.4 Å². The van der Waals surface area contributed by atoms with Crippen LogP contribution in [0.3, 0.4) is 0 Å². The summed E-state index contributed by atoms with van der Waals surface area (Å²) >= 11 is 7.36. The van der Waals surface area contributed by atoms with Crippen LogP contribution in [0.4, 0.5) is 5.82 Å². The maximum Gasteiger partial charge on any atom is 0.249 e. The number of thiazole rings is 1. The Morgan fingerprint density at radius 2 is 2.35 bits per heavy atom. The minimum absolute atomic E-state index is 0.273. The van der Waals surface area contributed by atoms with Crippen LogP contribution in [0.2, 0.25) is 5.02 Å². The van der Waals surface area contributed by atoms with Crippen molar-refractivity contribution in [2.45, 2.75) is 0 Å². The van der Waals surface area contributed by atoms with Crippen molar-refractivity contribution in [2.75, 3.05) is 5.32 Å². The first-order chi connectivity index (χ1) is 9.72. The van der Waals surface area contributed by atoms with Gasteiger partial charge in [0.25, 0.3) is 0 Å². The molecule has 0 atom stereocenters. The van der Waals surface area contributed by atoms with E-state index < -0.39 is 0 Å². The largest absolute Gasteiger partial charge is 0.307 e. The molecule has 0 aliphatic carbocycles. The van der Waals surface area contributed by atoms with Gasteiger partial charge in [-0.2, -0.15) is 0 Å². The molecule has 0 aliphatic rings. The smallest absolute Gasteiger partial charge is 0.249 e. The van der Waals surface area contributed by atoms with E-state index in [-0.39, 0.29) is 5.91 Å². The van der Waals surface area contributed by atoms with Crippen LogP contribution in [0.1, 0.15) is 5.69 Å². The Kier molecular flexibility index (Phi) is 3.49. The summed E-state index contributed by atoms with van der Waals surface area (Å²) in [7, 11) is 0. The average molecular weight is 305 g/mol. The Labute approximate surface area is 123 Å². The zero-order chi connectivity index (χ0) is 13.9. The number of nitrogens with zero attached hydrogens (tertiary/aromatic N) is 3. The number of rotatable bonds is 3. The quantitative estimate of drug-likeness (QED) is 0.756. The van der Waals surface area contributed by atoms with Crippen LogP contribution in [0.15, 0.2) is 42.2 Å². The number of nitrogens with one attached hydrogen (secondary N) is 1. The number of aromatic nitrogens is 3. The number of pyridine rings is 1. The predicted octanol–water partition coefficient (Wildman–Crippen LogP) is 3.10. The van der Waals surface area contributed by atoms with Gasteiger partial charge in [0.05, 0.1) is 11.9 Å². The molecule has 7 heteroatoms. The number of hydrogen-bond acceptors (Lipinski definition) is 4.